The third-order valence-corrected chi connectivity index (χ3v) is 4.38. The van der Waals surface area contributed by atoms with E-state index in [1.54, 1.807) is 18.2 Å². The average molecular weight is 305 g/mol. The molecule has 0 radical (unpaired) electrons. The van der Waals surface area contributed by atoms with Gasteiger partial charge in [-0.3, -0.25) is 0 Å². The lowest BCUT2D eigenvalue weighted by molar-refractivity contribution is 0.00578. The highest BCUT2D eigenvalue weighted by Gasteiger charge is 2.52. The number of ether oxygens (including phenoxy) is 1. The maximum atomic E-state index is 10.2. The Morgan fingerprint density at radius 3 is 2.36 bits per heavy atom. The molecule has 1 fully saturated rings. The van der Waals surface area contributed by atoms with Crippen LogP contribution in [0, 0.1) is 0 Å². The lowest BCUT2D eigenvalue weighted by Crippen LogP contribution is -2.41. The summed E-state index contributed by atoms with van der Waals surface area (Å²) in [7, 11) is 0.987. The molecule has 1 aromatic rings. The van der Waals surface area contributed by atoms with Crippen LogP contribution in [-0.4, -0.2) is 37.1 Å². The minimum absolute atomic E-state index is 0.0764. The Morgan fingerprint density at radius 2 is 1.86 bits per heavy atom. The molecule has 22 heavy (non-hydrogen) atoms. The lowest BCUT2D eigenvalue weighted by atomic mass is 9.77. The first-order chi connectivity index (χ1) is 10.2. The highest BCUT2D eigenvalue weighted by Crippen LogP contribution is 2.39. The van der Waals surface area contributed by atoms with Crippen molar-refractivity contribution in [3.8, 4) is 11.5 Å². The number of hydrogen-bond acceptors (Lipinski definition) is 5. The van der Waals surface area contributed by atoms with Gasteiger partial charge in [0.05, 0.1) is 18.3 Å². The molecule has 1 heterocycles. The quantitative estimate of drug-likeness (QED) is 0.835. The van der Waals surface area contributed by atoms with Gasteiger partial charge in [-0.25, -0.2) is 0 Å². The Bertz CT molecular complexity index is 568. The topological polar surface area (TPSA) is 73.9 Å². The number of phenolic OH excluding ortho intramolecular Hbond substituents is 1. The van der Waals surface area contributed by atoms with Gasteiger partial charge in [-0.1, -0.05) is 18.2 Å². The number of benzene rings is 1. The van der Waals surface area contributed by atoms with Gasteiger partial charge in [-0.15, -0.1) is 0 Å². The van der Waals surface area contributed by atoms with E-state index in [9.17, 15) is 5.11 Å². The van der Waals surface area contributed by atoms with Crippen molar-refractivity contribution in [2.45, 2.75) is 38.9 Å². The molecule has 0 aromatic heterocycles. The van der Waals surface area contributed by atoms with E-state index in [4.69, 9.17) is 19.8 Å². The lowest BCUT2D eigenvalue weighted by Gasteiger charge is -2.32. The summed E-state index contributed by atoms with van der Waals surface area (Å²) in [4.78, 5) is 0. The van der Waals surface area contributed by atoms with Gasteiger partial charge in [0.1, 0.15) is 0 Å². The molecule has 1 aliphatic rings. The molecule has 0 saturated carbocycles. The Balaban J connectivity index is 2.34. The first kappa shape index (κ1) is 16.9. The summed E-state index contributed by atoms with van der Waals surface area (Å²) in [6.45, 7) is 8.23. The summed E-state index contributed by atoms with van der Waals surface area (Å²) in [6.07, 6.45) is 1.79. The van der Waals surface area contributed by atoms with E-state index >= 15 is 0 Å². The van der Waals surface area contributed by atoms with Crippen molar-refractivity contribution in [2.24, 2.45) is 5.73 Å². The highest BCUT2D eigenvalue weighted by atomic mass is 16.7. The molecule has 0 spiro atoms. The third-order valence-electron chi connectivity index (χ3n) is 4.38. The second-order valence-electron chi connectivity index (χ2n) is 6.41. The summed E-state index contributed by atoms with van der Waals surface area (Å²) in [5.41, 5.74) is 6.39. The van der Waals surface area contributed by atoms with E-state index in [-0.39, 0.29) is 12.3 Å². The molecular weight excluding hydrogens is 281 g/mol. The zero-order valence-electron chi connectivity index (χ0n) is 13.8. The van der Waals surface area contributed by atoms with Crippen LogP contribution < -0.4 is 10.5 Å². The van der Waals surface area contributed by atoms with E-state index in [2.05, 4.69) is 0 Å². The molecular formula is C16H24BNO4. The van der Waals surface area contributed by atoms with Crippen LogP contribution in [0.5, 0.6) is 11.5 Å². The van der Waals surface area contributed by atoms with E-state index in [1.165, 1.54) is 7.11 Å². The Morgan fingerprint density at radius 1 is 1.27 bits per heavy atom. The minimum Gasteiger partial charge on any atom is -0.504 e. The van der Waals surface area contributed by atoms with Gasteiger partial charge in [0.25, 0.3) is 0 Å². The van der Waals surface area contributed by atoms with Gasteiger partial charge in [-0.2, -0.15) is 0 Å². The fraction of sp³-hybridized carbons (Fsp3) is 0.500. The summed E-state index contributed by atoms with van der Waals surface area (Å²) in [5, 5.41) is 10.2. The van der Waals surface area contributed by atoms with Gasteiger partial charge >= 0.3 is 7.12 Å². The van der Waals surface area contributed by atoms with Gasteiger partial charge in [0.15, 0.2) is 11.5 Å². The number of aromatic hydroxyl groups is 1. The normalized spacial score (nSPS) is 20.3. The molecule has 1 saturated heterocycles. The molecule has 0 amide bonds. The zero-order valence-corrected chi connectivity index (χ0v) is 13.8. The second-order valence-corrected chi connectivity index (χ2v) is 6.41. The number of hydrogen-bond donors (Lipinski definition) is 2. The first-order valence-corrected chi connectivity index (χ1v) is 7.34. The standard InChI is InChI=1S/C16H24BNO4/c1-15(2)16(3,4)22-17(21-15)12(10-18)9-11-7-6-8-13(20-5)14(11)19/h6-9,19H,10,18H2,1-5H3. The SMILES string of the molecule is COc1cccc(C=C(CN)B2OC(C)(C)C(C)(C)O2)c1O. The Kier molecular flexibility index (Phi) is 4.56. The predicted octanol–water partition coefficient (Wildman–Crippen LogP) is 2.37. The maximum Gasteiger partial charge on any atom is 0.491 e. The summed E-state index contributed by atoms with van der Waals surface area (Å²) in [6, 6.07) is 5.30. The highest BCUT2D eigenvalue weighted by molar-refractivity contribution is 6.55. The zero-order chi connectivity index (χ0) is 16.5. The van der Waals surface area contributed by atoms with Crippen LogP contribution >= 0.6 is 0 Å². The van der Waals surface area contributed by atoms with Crippen molar-refractivity contribution in [1.29, 1.82) is 0 Å². The molecule has 6 heteroatoms. The summed E-state index contributed by atoms with van der Waals surface area (Å²) in [5.74, 6) is 0.492. The Labute approximate surface area is 132 Å². The van der Waals surface area contributed by atoms with Gasteiger partial charge < -0.3 is 24.9 Å². The van der Waals surface area contributed by atoms with Crippen LogP contribution in [0.25, 0.3) is 6.08 Å². The predicted molar refractivity (Wildman–Crippen MR) is 87.8 cm³/mol. The second kappa shape index (κ2) is 5.95. The van der Waals surface area contributed by atoms with E-state index in [0.29, 0.717) is 11.3 Å². The first-order valence-electron chi connectivity index (χ1n) is 7.34. The number of methoxy groups -OCH3 is 1. The molecule has 5 nitrogen and oxygen atoms in total. The third kappa shape index (κ3) is 3.00. The van der Waals surface area contributed by atoms with Crippen LogP contribution in [-0.2, 0) is 9.31 Å². The molecule has 0 bridgehead atoms. The van der Waals surface area contributed by atoms with Crippen molar-refractivity contribution >= 4 is 13.2 Å². The molecule has 2 rings (SSSR count). The van der Waals surface area contributed by atoms with Crippen molar-refractivity contribution in [3.05, 3.63) is 29.2 Å². The summed E-state index contributed by atoms with van der Waals surface area (Å²) >= 11 is 0. The molecule has 3 N–H and O–H groups in total. The van der Waals surface area contributed by atoms with Crippen LogP contribution in [0.4, 0.5) is 0 Å². The van der Waals surface area contributed by atoms with Crippen LogP contribution in [0.15, 0.2) is 23.7 Å². The number of phenols is 1. The fourth-order valence-corrected chi connectivity index (χ4v) is 2.24. The Hall–Kier alpha value is -1.50. The fourth-order valence-electron chi connectivity index (χ4n) is 2.24. The minimum atomic E-state index is -0.527. The van der Waals surface area contributed by atoms with Gasteiger partial charge in [0.2, 0.25) is 0 Å². The number of para-hydroxylation sites is 1. The van der Waals surface area contributed by atoms with Crippen molar-refractivity contribution in [2.75, 3.05) is 13.7 Å². The summed E-state index contributed by atoms with van der Waals surface area (Å²) < 4.78 is 17.1. The van der Waals surface area contributed by atoms with Crippen LogP contribution in [0.1, 0.15) is 33.3 Å². The van der Waals surface area contributed by atoms with Gasteiger partial charge in [-0.05, 0) is 39.2 Å². The molecule has 0 atom stereocenters. The maximum absolute atomic E-state index is 10.2. The van der Waals surface area contributed by atoms with Crippen LogP contribution in [0.3, 0.4) is 0 Å². The smallest absolute Gasteiger partial charge is 0.491 e. The van der Waals surface area contributed by atoms with Crippen molar-refractivity contribution in [3.63, 3.8) is 0 Å². The molecule has 0 aliphatic carbocycles. The van der Waals surface area contributed by atoms with Gasteiger partial charge in [0, 0.05) is 12.1 Å². The van der Waals surface area contributed by atoms with E-state index in [0.717, 1.165) is 5.47 Å². The van der Waals surface area contributed by atoms with Crippen molar-refractivity contribution < 1.29 is 19.2 Å². The molecule has 120 valence electrons. The largest absolute Gasteiger partial charge is 0.504 e. The molecule has 1 aliphatic heterocycles. The average Bonchev–Trinajstić information content (AvgIpc) is 2.66. The van der Waals surface area contributed by atoms with E-state index < -0.39 is 18.3 Å². The van der Waals surface area contributed by atoms with Crippen molar-refractivity contribution in [1.82, 2.24) is 0 Å². The number of rotatable bonds is 4. The van der Waals surface area contributed by atoms with Crippen LogP contribution in [0.2, 0.25) is 0 Å². The van der Waals surface area contributed by atoms with E-state index in [1.807, 2.05) is 33.8 Å². The molecule has 1 aromatic carbocycles. The molecule has 0 unspecified atom stereocenters. The number of nitrogens with two attached hydrogens (primary N) is 1. The monoisotopic (exact) mass is 305 g/mol.